The molecule has 0 fully saturated rings. The molecule has 0 aromatic heterocycles. The minimum atomic E-state index is 1.12. The van der Waals surface area contributed by atoms with Crippen molar-refractivity contribution in [2.24, 2.45) is 5.10 Å². The van der Waals surface area contributed by atoms with E-state index >= 15 is 0 Å². The fraction of sp³-hybridized carbons (Fsp3) is 0.800. The van der Waals surface area contributed by atoms with Gasteiger partial charge in [0.1, 0.15) is 0 Å². The minimum absolute atomic E-state index is 1.12. The highest BCUT2D eigenvalue weighted by atomic mass is 15.4. The summed E-state index contributed by atoms with van der Waals surface area (Å²) in [5, 5.41) is 6.00. The summed E-state index contributed by atoms with van der Waals surface area (Å²) in [4.78, 5) is 0. The molecule has 1 heterocycles. The van der Waals surface area contributed by atoms with Crippen molar-refractivity contribution in [3.8, 4) is 0 Å². The van der Waals surface area contributed by atoms with Crippen LogP contribution in [0, 0.1) is 0 Å². The molecule has 0 radical (unpaired) electrons. The largest absolute Gasteiger partial charge is 0.300 e. The van der Waals surface area contributed by atoms with Crippen molar-refractivity contribution in [3.05, 3.63) is 0 Å². The zero-order valence-corrected chi connectivity index (χ0v) is 4.59. The second-order valence-electron chi connectivity index (χ2n) is 1.82. The molecule has 0 aromatic rings. The van der Waals surface area contributed by atoms with Gasteiger partial charge in [-0.25, -0.2) is 0 Å². The molecule has 1 rings (SSSR count). The Morgan fingerprint density at radius 2 is 2.57 bits per heavy atom. The normalized spacial score (nSPS) is 20.4. The van der Waals surface area contributed by atoms with Crippen LogP contribution in [0.3, 0.4) is 0 Å². The van der Waals surface area contributed by atoms with E-state index in [1.54, 1.807) is 0 Å². The quantitative estimate of drug-likeness (QED) is 0.435. The molecular formula is C5H10N2. The molecule has 7 heavy (non-hydrogen) atoms. The standard InChI is InChI=1S/C5H10N2/c1-7-5-3-2-4-6-7/h4H,2-3,5H2,1H3. The Morgan fingerprint density at radius 3 is 2.86 bits per heavy atom. The lowest BCUT2D eigenvalue weighted by atomic mass is 10.3. The monoisotopic (exact) mass is 98.1 g/mol. The molecule has 0 N–H and O–H groups in total. The lowest BCUT2D eigenvalue weighted by molar-refractivity contribution is 0.338. The average Bonchev–Trinajstić information content (AvgIpc) is 1.69. The van der Waals surface area contributed by atoms with E-state index in [0.29, 0.717) is 0 Å². The van der Waals surface area contributed by atoms with Crippen LogP contribution in [0.1, 0.15) is 12.8 Å². The van der Waals surface area contributed by atoms with Gasteiger partial charge < -0.3 is 5.01 Å². The maximum absolute atomic E-state index is 4.04. The van der Waals surface area contributed by atoms with Gasteiger partial charge in [0.05, 0.1) is 0 Å². The average molecular weight is 98.1 g/mol. The maximum atomic E-state index is 4.04. The molecule has 0 spiro atoms. The second kappa shape index (κ2) is 1.96. The minimum Gasteiger partial charge on any atom is -0.300 e. The van der Waals surface area contributed by atoms with Gasteiger partial charge >= 0.3 is 0 Å². The van der Waals surface area contributed by atoms with E-state index in [4.69, 9.17) is 0 Å². The van der Waals surface area contributed by atoms with Crippen LogP contribution in [0.15, 0.2) is 5.10 Å². The Morgan fingerprint density at radius 1 is 1.71 bits per heavy atom. The molecule has 1 aliphatic rings. The smallest absolute Gasteiger partial charge is 0.0360 e. The Labute approximate surface area is 43.8 Å². The summed E-state index contributed by atoms with van der Waals surface area (Å²) in [5.74, 6) is 0. The molecule has 40 valence electrons. The first-order valence-electron chi connectivity index (χ1n) is 2.63. The van der Waals surface area contributed by atoms with E-state index in [0.717, 1.165) is 13.0 Å². The van der Waals surface area contributed by atoms with Crippen LogP contribution in [0.25, 0.3) is 0 Å². The molecule has 1 aliphatic heterocycles. The first kappa shape index (κ1) is 4.62. The summed E-state index contributed by atoms with van der Waals surface area (Å²) in [5.41, 5.74) is 0. The van der Waals surface area contributed by atoms with E-state index < -0.39 is 0 Å². The molecule has 0 aliphatic carbocycles. The second-order valence-corrected chi connectivity index (χ2v) is 1.82. The fourth-order valence-corrected chi connectivity index (χ4v) is 0.666. The van der Waals surface area contributed by atoms with Gasteiger partial charge in [0.25, 0.3) is 0 Å². The van der Waals surface area contributed by atoms with E-state index in [1.807, 2.05) is 18.3 Å². The highest BCUT2D eigenvalue weighted by molar-refractivity contribution is 5.57. The summed E-state index contributed by atoms with van der Waals surface area (Å²) in [6.07, 6.45) is 4.38. The van der Waals surface area contributed by atoms with Gasteiger partial charge in [0, 0.05) is 19.8 Å². The molecule has 0 unspecified atom stereocenters. The third kappa shape index (κ3) is 1.18. The van der Waals surface area contributed by atoms with Gasteiger partial charge in [-0.15, -0.1) is 0 Å². The molecule has 0 aromatic carbocycles. The summed E-state index contributed by atoms with van der Waals surface area (Å²) < 4.78 is 0. The van der Waals surface area contributed by atoms with E-state index in [1.165, 1.54) is 6.42 Å². The third-order valence-corrected chi connectivity index (χ3v) is 1.09. The topological polar surface area (TPSA) is 15.6 Å². The number of hydrogen-bond acceptors (Lipinski definition) is 2. The maximum Gasteiger partial charge on any atom is 0.0360 e. The van der Waals surface area contributed by atoms with Crippen molar-refractivity contribution < 1.29 is 0 Å². The number of hydrogen-bond donors (Lipinski definition) is 0. The van der Waals surface area contributed by atoms with Gasteiger partial charge in [-0.2, -0.15) is 5.10 Å². The summed E-state index contributed by atoms with van der Waals surface area (Å²) in [7, 11) is 2.00. The first-order chi connectivity index (χ1) is 3.39. The molecule has 2 nitrogen and oxygen atoms in total. The zero-order valence-electron chi connectivity index (χ0n) is 4.59. The lowest BCUT2D eigenvalue weighted by Crippen LogP contribution is -2.16. The summed E-state index contributed by atoms with van der Waals surface area (Å²) >= 11 is 0. The van der Waals surface area contributed by atoms with Crippen LogP contribution >= 0.6 is 0 Å². The summed E-state index contributed by atoms with van der Waals surface area (Å²) in [6.45, 7) is 1.12. The van der Waals surface area contributed by atoms with Crippen LogP contribution < -0.4 is 0 Å². The third-order valence-electron chi connectivity index (χ3n) is 1.09. The number of hydrazone groups is 1. The molecule has 0 amide bonds. The lowest BCUT2D eigenvalue weighted by Gasteiger charge is -2.14. The van der Waals surface area contributed by atoms with Gasteiger partial charge in [0.2, 0.25) is 0 Å². The molecular weight excluding hydrogens is 88.1 g/mol. The van der Waals surface area contributed by atoms with Crippen LogP contribution in [-0.4, -0.2) is 24.8 Å². The molecule has 0 bridgehead atoms. The number of nitrogens with zero attached hydrogens (tertiary/aromatic N) is 2. The van der Waals surface area contributed by atoms with Crippen molar-refractivity contribution in [3.63, 3.8) is 0 Å². The van der Waals surface area contributed by atoms with E-state index in [9.17, 15) is 0 Å². The highest BCUT2D eigenvalue weighted by Crippen LogP contribution is 1.96. The van der Waals surface area contributed by atoms with Gasteiger partial charge in [0.15, 0.2) is 0 Å². The molecule has 0 saturated heterocycles. The molecule has 2 heteroatoms. The Bertz CT molecular complexity index is 78.1. The Hall–Kier alpha value is -0.530. The predicted octanol–water partition coefficient (Wildman–Crippen LogP) is 0.698. The van der Waals surface area contributed by atoms with Gasteiger partial charge in [-0.05, 0) is 12.8 Å². The fourth-order valence-electron chi connectivity index (χ4n) is 0.666. The zero-order chi connectivity index (χ0) is 5.11. The Balaban J connectivity index is 2.36. The molecule has 0 atom stereocenters. The number of rotatable bonds is 0. The van der Waals surface area contributed by atoms with E-state index in [2.05, 4.69) is 5.10 Å². The van der Waals surface area contributed by atoms with Crippen molar-refractivity contribution in [2.75, 3.05) is 13.6 Å². The van der Waals surface area contributed by atoms with Crippen molar-refractivity contribution >= 4 is 6.21 Å². The van der Waals surface area contributed by atoms with Crippen molar-refractivity contribution in [2.45, 2.75) is 12.8 Å². The van der Waals surface area contributed by atoms with Crippen molar-refractivity contribution in [1.82, 2.24) is 5.01 Å². The van der Waals surface area contributed by atoms with Gasteiger partial charge in [-0.3, -0.25) is 0 Å². The van der Waals surface area contributed by atoms with Crippen molar-refractivity contribution in [1.29, 1.82) is 0 Å². The first-order valence-corrected chi connectivity index (χ1v) is 2.63. The van der Waals surface area contributed by atoms with Crippen LogP contribution in [0.5, 0.6) is 0 Å². The van der Waals surface area contributed by atoms with Crippen LogP contribution in [0.4, 0.5) is 0 Å². The SMILES string of the molecule is CN1CCCC=N1. The van der Waals surface area contributed by atoms with Gasteiger partial charge in [-0.1, -0.05) is 0 Å². The predicted molar refractivity (Wildman–Crippen MR) is 30.4 cm³/mol. The van der Waals surface area contributed by atoms with Crippen LogP contribution in [0.2, 0.25) is 0 Å². The summed E-state index contributed by atoms with van der Waals surface area (Å²) in [6, 6.07) is 0. The highest BCUT2D eigenvalue weighted by Gasteiger charge is 1.94. The Kier molecular flexibility index (Phi) is 1.29. The molecule has 0 saturated carbocycles. The van der Waals surface area contributed by atoms with Crippen LogP contribution in [-0.2, 0) is 0 Å². The van der Waals surface area contributed by atoms with E-state index in [-0.39, 0.29) is 0 Å².